The van der Waals surface area contributed by atoms with Crippen molar-refractivity contribution in [3.8, 4) is 0 Å². The van der Waals surface area contributed by atoms with E-state index in [1.54, 1.807) is 0 Å². The van der Waals surface area contributed by atoms with E-state index in [1.165, 1.54) is 40.6 Å². The standard InChI is InChI=1S/C17H22BrNS/c1-2-11-19-17(14-7-4-3-5-8-14)10-6-9-16-12-15(18)13-20-16/h3-5,7-8,12-13,17,19H,2,6,9-11H2,1H3. The summed E-state index contributed by atoms with van der Waals surface area (Å²) in [6.45, 7) is 3.31. The second kappa shape index (κ2) is 8.60. The van der Waals surface area contributed by atoms with Crippen LogP contribution < -0.4 is 5.32 Å². The van der Waals surface area contributed by atoms with Crippen molar-refractivity contribution in [2.24, 2.45) is 0 Å². The van der Waals surface area contributed by atoms with Crippen LogP contribution in [0.2, 0.25) is 0 Å². The fourth-order valence-corrected chi connectivity index (χ4v) is 3.85. The molecular formula is C17H22BrNS. The van der Waals surface area contributed by atoms with Crippen molar-refractivity contribution in [1.82, 2.24) is 5.32 Å². The van der Waals surface area contributed by atoms with Gasteiger partial charge in [0, 0.05) is 20.8 Å². The maximum Gasteiger partial charge on any atom is 0.0320 e. The highest BCUT2D eigenvalue weighted by Gasteiger charge is 2.10. The van der Waals surface area contributed by atoms with Crippen molar-refractivity contribution in [1.29, 1.82) is 0 Å². The van der Waals surface area contributed by atoms with E-state index in [2.05, 4.69) is 69.9 Å². The third-order valence-electron chi connectivity index (χ3n) is 3.38. The molecule has 2 aromatic rings. The summed E-state index contributed by atoms with van der Waals surface area (Å²) in [5, 5.41) is 5.84. The van der Waals surface area contributed by atoms with Crippen LogP contribution in [0.4, 0.5) is 0 Å². The molecule has 0 aliphatic carbocycles. The van der Waals surface area contributed by atoms with E-state index in [-0.39, 0.29) is 0 Å². The first-order chi connectivity index (χ1) is 9.79. The van der Waals surface area contributed by atoms with Crippen LogP contribution in [0.5, 0.6) is 0 Å². The zero-order valence-corrected chi connectivity index (χ0v) is 14.3. The zero-order chi connectivity index (χ0) is 14.2. The van der Waals surface area contributed by atoms with Gasteiger partial charge in [-0.25, -0.2) is 0 Å². The van der Waals surface area contributed by atoms with Gasteiger partial charge < -0.3 is 5.32 Å². The molecule has 3 heteroatoms. The fourth-order valence-electron chi connectivity index (χ4n) is 2.36. The number of halogens is 1. The maximum atomic E-state index is 3.67. The molecule has 1 N–H and O–H groups in total. The first-order valence-electron chi connectivity index (χ1n) is 7.31. The lowest BCUT2D eigenvalue weighted by atomic mass is 10.0. The Morgan fingerprint density at radius 2 is 2.05 bits per heavy atom. The number of hydrogen-bond acceptors (Lipinski definition) is 2. The average Bonchev–Trinajstić information content (AvgIpc) is 2.89. The fraction of sp³-hybridized carbons (Fsp3) is 0.412. The molecule has 20 heavy (non-hydrogen) atoms. The summed E-state index contributed by atoms with van der Waals surface area (Å²) in [4.78, 5) is 1.47. The normalized spacial score (nSPS) is 12.5. The molecular weight excluding hydrogens is 330 g/mol. The summed E-state index contributed by atoms with van der Waals surface area (Å²) >= 11 is 5.37. The van der Waals surface area contributed by atoms with Gasteiger partial charge in [-0.15, -0.1) is 11.3 Å². The van der Waals surface area contributed by atoms with Crippen LogP contribution in [0.3, 0.4) is 0 Å². The molecule has 1 nitrogen and oxygen atoms in total. The highest BCUT2D eigenvalue weighted by atomic mass is 79.9. The minimum atomic E-state index is 0.486. The van der Waals surface area contributed by atoms with Gasteiger partial charge in [-0.1, -0.05) is 37.3 Å². The Balaban J connectivity index is 1.87. The summed E-state index contributed by atoms with van der Waals surface area (Å²) in [5.41, 5.74) is 1.41. The lowest BCUT2D eigenvalue weighted by Crippen LogP contribution is -2.22. The topological polar surface area (TPSA) is 12.0 Å². The number of rotatable bonds is 8. The van der Waals surface area contributed by atoms with Crippen LogP contribution in [-0.4, -0.2) is 6.54 Å². The summed E-state index contributed by atoms with van der Waals surface area (Å²) in [6.07, 6.45) is 4.78. The van der Waals surface area contributed by atoms with E-state index in [1.807, 2.05) is 11.3 Å². The molecule has 1 atom stereocenters. The Kier molecular flexibility index (Phi) is 6.77. The summed E-state index contributed by atoms with van der Waals surface area (Å²) in [6, 6.07) is 13.5. The lowest BCUT2D eigenvalue weighted by molar-refractivity contribution is 0.485. The van der Waals surface area contributed by atoms with Gasteiger partial charge in [0.15, 0.2) is 0 Å². The molecule has 1 aromatic carbocycles. The van der Waals surface area contributed by atoms with Crippen molar-refractivity contribution in [2.75, 3.05) is 6.54 Å². The number of aryl methyl sites for hydroxylation is 1. The van der Waals surface area contributed by atoms with Crippen molar-refractivity contribution in [3.63, 3.8) is 0 Å². The highest BCUT2D eigenvalue weighted by molar-refractivity contribution is 9.10. The summed E-state index contributed by atoms with van der Waals surface area (Å²) in [5.74, 6) is 0. The SMILES string of the molecule is CCCNC(CCCc1cc(Br)cs1)c1ccccc1. The Labute approximate surface area is 134 Å². The molecule has 0 bridgehead atoms. The van der Waals surface area contributed by atoms with Crippen molar-refractivity contribution >= 4 is 27.3 Å². The van der Waals surface area contributed by atoms with Crippen molar-refractivity contribution in [3.05, 3.63) is 56.7 Å². The van der Waals surface area contributed by atoms with Crippen LogP contribution in [0.15, 0.2) is 46.3 Å². The Morgan fingerprint density at radius 1 is 1.25 bits per heavy atom. The van der Waals surface area contributed by atoms with Gasteiger partial charge in [0.05, 0.1) is 0 Å². The molecule has 1 aromatic heterocycles. The van der Waals surface area contributed by atoms with Crippen LogP contribution >= 0.6 is 27.3 Å². The van der Waals surface area contributed by atoms with Crippen LogP contribution in [0, 0.1) is 0 Å². The third kappa shape index (κ3) is 5.04. The van der Waals surface area contributed by atoms with E-state index in [0.29, 0.717) is 6.04 Å². The second-order valence-corrected chi connectivity index (χ2v) is 6.95. The van der Waals surface area contributed by atoms with Gasteiger partial charge in [-0.3, -0.25) is 0 Å². The van der Waals surface area contributed by atoms with E-state index in [4.69, 9.17) is 0 Å². The molecule has 0 radical (unpaired) electrons. The third-order valence-corrected chi connectivity index (χ3v) is 5.14. The molecule has 1 unspecified atom stereocenters. The Hall–Kier alpha value is -0.640. The van der Waals surface area contributed by atoms with Crippen molar-refractivity contribution < 1.29 is 0 Å². The highest BCUT2D eigenvalue weighted by Crippen LogP contribution is 2.24. The van der Waals surface area contributed by atoms with Gasteiger partial charge in [-0.2, -0.15) is 0 Å². The molecule has 108 valence electrons. The first-order valence-corrected chi connectivity index (χ1v) is 8.98. The molecule has 0 saturated heterocycles. The monoisotopic (exact) mass is 351 g/mol. The maximum absolute atomic E-state index is 3.67. The van der Waals surface area contributed by atoms with Gasteiger partial charge >= 0.3 is 0 Å². The smallest absolute Gasteiger partial charge is 0.0320 e. The second-order valence-electron chi connectivity index (χ2n) is 5.04. The minimum absolute atomic E-state index is 0.486. The Bertz CT molecular complexity index is 495. The van der Waals surface area contributed by atoms with Crippen LogP contribution in [0.1, 0.15) is 42.7 Å². The van der Waals surface area contributed by atoms with E-state index >= 15 is 0 Å². The summed E-state index contributed by atoms with van der Waals surface area (Å²) < 4.78 is 1.21. The molecule has 0 aliphatic rings. The van der Waals surface area contributed by atoms with Gasteiger partial charge in [-0.05, 0) is 59.8 Å². The molecule has 1 heterocycles. The predicted molar refractivity (Wildman–Crippen MR) is 92.4 cm³/mol. The van der Waals surface area contributed by atoms with Crippen LogP contribution in [-0.2, 0) is 6.42 Å². The van der Waals surface area contributed by atoms with Gasteiger partial charge in [0.1, 0.15) is 0 Å². The molecule has 0 saturated carbocycles. The minimum Gasteiger partial charge on any atom is -0.310 e. The number of benzene rings is 1. The average molecular weight is 352 g/mol. The number of nitrogens with one attached hydrogen (secondary N) is 1. The molecule has 0 spiro atoms. The number of thiophene rings is 1. The Morgan fingerprint density at radius 3 is 2.70 bits per heavy atom. The molecule has 2 rings (SSSR count). The number of hydrogen-bond donors (Lipinski definition) is 1. The molecule has 0 amide bonds. The lowest BCUT2D eigenvalue weighted by Gasteiger charge is -2.18. The first kappa shape index (κ1) is 15.7. The van der Waals surface area contributed by atoms with E-state index in [0.717, 1.165) is 6.54 Å². The predicted octanol–water partition coefficient (Wildman–Crippen LogP) is 5.57. The van der Waals surface area contributed by atoms with E-state index < -0.39 is 0 Å². The van der Waals surface area contributed by atoms with Crippen molar-refractivity contribution in [2.45, 2.75) is 38.6 Å². The van der Waals surface area contributed by atoms with E-state index in [9.17, 15) is 0 Å². The zero-order valence-electron chi connectivity index (χ0n) is 11.9. The largest absolute Gasteiger partial charge is 0.310 e. The van der Waals surface area contributed by atoms with Gasteiger partial charge in [0.25, 0.3) is 0 Å². The summed E-state index contributed by atoms with van der Waals surface area (Å²) in [7, 11) is 0. The molecule has 0 aliphatic heterocycles. The quantitative estimate of drug-likeness (QED) is 0.654. The van der Waals surface area contributed by atoms with Gasteiger partial charge in [0.2, 0.25) is 0 Å². The van der Waals surface area contributed by atoms with Crippen LogP contribution in [0.25, 0.3) is 0 Å². The molecule has 0 fully saturated rings.